The molecule has 0 aliphatic heterocycles. The average molecular weight is 814 g/mol. The van der Waals surface area contributed by atoms with Crippen LogP contribution in [0.25, 0.3) is 121 Å². The molecule has 0 radical (unpaired) electrons. The van der Waals surface area contributed by atoms with Gasteiger partial charge in [-0.05, 0) is 97.0 Å². The van der Waals surface area contributed by atoms with Crippen LogP contribution >= 0.6 is 0 Å². The van der Waals surface area contributed by atoms with Crippen molar-refractivity contribution in [3.8, 4) is 56.3 Å². The molecule has 0 amide bonds. The van der Waals surface area contributed by atoms with E-state index in [1.807, 2.05) is 0 Å². The van der Waals surface area contributed by atoms with E-state index in [-0.39, 0.29) is 0 Å². The van der Waals surface area contributed by atoms with Crippen molar-refractivity contribution in [2.24, 2.45) is 0 Å². The standard InChI is InChI=1S/C61H39N3/c1-4-19-42(20-5-1)56-58-57-50-28-14-12-26-48(50)52(41-32-34-44(35-33-41)61-62-54-30-16-17-31-55(54)63(61)46-24-8-3-9-25-46)39-53(57)49-27-13-15-29-51(49)60(58)64(59(56)43-21-6-2-7-22-43)47-37-36-40-18-10-11-23-45(40)38-47/h1-39H. The lowest BCUT2D eigenvalue weighted by atomic mass is 9.87. The first kappa shape index (κ1) is 36.2. The summed E-state index contributed by atoms with van der Waals surface area (Å²) in [7, 11) is 0. The zero-order valence-corrected chi connectivity index (χ0v) is 34.9. The van der Waals surface area contributed by atoms with E-state index >= 15 is 0 Å². The summed E-state index contributed by atoms with van der Waals surface area (Å²) in [6, 6.07) is 86.0. The molecule has 64 heavy (non-hydrogen) atoms. The fraction of sp³-hybridized carbons (Fsp3) is 0. The number of aromatic nitrogens is 3. The van der Waals surface area contributed by atoms with Gasteiger partial charge in [0.1, 0.15) is 5.82 Å². The number of hydrogen-bond acceptors (Lipinski definition) is 1. The average Bonchev–Trinajstić information content (AvgIpc) is 3.94. The Morgan fingerprint density at radius 2 is 0.922 bits per heavy atom. The Morgan fingerprint density at radius 1 is 0.328 bits per heavy atom. The number of fused-ring (bicyclic) bond motifs is 10. The molecule has 0 spiro atoms. The SMILES string of the molecule is c1ccc(-c2c(-c3ccccc3)n(-c3ccc4ccccc4c3)c3c4ccccc4c4cc(-c5ccc(-c6nc7ccccc7n6-c6ccccc6)cc5)c5ccccc5c4c23)cc1. The summed E-state index contributed by atoms with van der Waals surface area (Å²) in [4.78, 5) is 5.18. The summed E-state index contributed by atoms with van der Waals surface area (Å²) >= 11 is 0. The maximum absolute atomic E-state index is 5.18. The van der Waals surface area contributed by atoms with Gasteiger partial charge in [-0.25, -0.2) is 4.98 Å². The molecule has 0 atom stereocenters. The van der Waals surface area contributed by atoms with Crippen LogP contribution < -0.4 is 0 Å². The fourth-order valence-corrected chi connectivity index (χ4v) is 10.3. The van der Waals surface area contributed by atoms with E-state index in [0.29, 0.717) is 0 Å². The largest absolute Gasteiger partial charge is 0.308 e. The van der Waals surface area contributed by atoms with Gasteiger partial charge in [-0.15, -0.1) is 0 Å². The molecule has 3 heteroatoms. The lowest BCUT2D eigenvalue weighted by molar-refractivity contribution is 1.10. The highest BCUT2D eigenvalue weighted by Gasteiger charge is 2.27. The quantitative estimate of drug-likeness (QED) is 0.153. The molecule has 0 aliphatic carbocycles. The van der Waals surface area contributed by atoms with Crippen molar-refractivity contribution in [3.63, 3.8) is 0 Å². The van der Waals surface area contributed by atoms with Gasteiger partial charge < -0.3 is 4.57 Å². The van der Waals surface area contributed by atoms with Gasteiger partial charge in [-0.1, -0.05) is 194 Å². The van der Waals surface area contributed by atoms with Crippen molar-refractivity contribution in [1.29, 1.82) is 0 Å². The Bertz CT molecular complexity index is 3920. The van der Waals surface area contributed by atoms with Crippen LogP contribution in [0, 0.1) is 0 Å². The second kappa shape index (κ2) is 14.5. The van der Waals surface area contributed by atoms with E-state index in [0.717, 1.165) is 39.4 Å². The number of para-hydroxylation sites is 3. The summed E-state index contributed by atoms with van der Waals surface area (Å²) in [5, 5.41) is 11.1. The van der Waals surface area contributed by atoms with Gasteiger partial charge >= 0.3 is 0 Å². The Balaban J connectivity index is 1.13. The monoisotopic (exact) mass is 813 g/mol. The Labute approximate surface area is 370 Å². The Kier molecular flexibility index (Phi) is 8.22. The molecule has 298 valence electrons. The van der Waals surface area contributed by atoms with Crippen LogP contribution in [0.4, 0.5) is 0 Å². The normalized spacial score (nSPS) is 11.8. The Morgan fingerprint density at radius 3 is 1.69 bits per heavy atom. The number of rotatable bonds is 6. The molecule has 2 aromatic heterocycles. The molecule has 13 rings (SSSR count). The molecule has 3 nitrogen and oxygen atoms in total. The molecule has 0 bridgehead atoms. The number of imidazole rings is 1. The van der Waals surface area contributed by atoms with Crippen LogP contribution in [-0.2, 0) is 0 Å². The van der Waals surface area contributed by atoms with Gasteiger partial charge in [-0.2, -0.15) is 0 Å². The van der Waals surface area contributed by atoms with Crippen LogP contribution in [0.15, 0.2) is 237 Å². The Hall–Kier alpha value is -8.53. The number of nitrogens with zero attached hydrogens (tertiary/aromatic N) is 3. The first-order valence-corrected chi connectivity index (χ1v) is 22.0. The highest BCUT2D eigenvalue weighted by atomic mass is 15.1. The molecule has 0 saturated heterocycles. The lowest BCUT2D eigenvalue weighted by Gasteiger charge is -2.17. The van der Waals surface area contributed by atoms with Crippen molar-refractivity contribution < 1.29 is 0 Å². The van der Waals surface area contributed by atoms with Crippen molar-refractivity contribution >= 4 is 65.0 Å². The zero-order chi connectivity index (χ0) is 42.1. The lowest BCUT2D eigenvalue weighted by Crippen LogP contribution is -1.98. The van der Waals surface area contributed by atoms with Gasteiger partial charge in [0.25, 0.3) is 0 Å². The van der Waals surface area contributed by atoms with Crippen molar-refractivity contribution in [2.45, 2.75) is 0 Å². The van der Waals surface area contributed by atoms with E-state index in [2.05, 4.69) is 246 Å². The molecule has 0 saturated carbocycles. The van der Waals surface area contributed by atoms with Crippen molar-refractivity contribution in [1.82, 2.24) is 14.1 Å². The second-order valence-electron chi connectivity index (χ2n) is 16.7. The van der Waals surface area contributed by atoms with E-state index in [4.69, 9.17) is 4.98 Å². The van der Waals surface area contributed by atoms with Crippen molar-refractivity contribution in [3.05, 3.63) is 237 Å². The molecule has 0 N–H and O–H groups in total. The first-order valence-electron chi connectivity index (χ1n) is 22.0. The van der Waals surface area contributed by atoms with Crippen LogP contribution in [0.2, 0.25) is 0 Å². The fourth-order valence-electron chi connectivity index (χ4n) is 10.3. The molecular formula is C61H39N3. The third-order valence-electron chi connectivity index (χ3n) is 13.1. The predicted molar refractivity (Wildman–Crippen MR) is 270 cm³/mol. The molecule has 0 aliphatic rings. The minimum absolute atomic E-state index is 0.925. The summed E-state index contributed by atoms with van der Waals surface area (Å²) in [6.07, 6.45) is 0. The van der Waals surface area contributed by atoms with E-state index < -0.39 is 0 Å². The van der Waals surface area contributed by atoms with E-state index in [9.17, 15) is 0 Å². The van der Waals surface area contributed by atoms with Gasteiger partial charge in [0.2, 0.25) is 0 Å². The minimum Gasteiger partial charge on any atom is -0.308 e. The maximum atomic E-state index is 5.18. The minimum atomic E-state index is 0.925. The predicted octanol–water partition coefficient (Wildman–Crippen LogP) is 16.3. The van der Waals surface area contributed by atoms with Crippen LogP contribution in [0.1, 0.15) is 0 Å². The third-order valence-corrected chi connectivity index (χ3v) is 13.1. The van der Waals surface area contributed by atoms with E-state index in [1.165, 1.54) is 81.9 Å². The van der Waals surface area contributed by atoms with Gasteiger partial charge in [0.05, 0.1) is 22.2 Å². The summed E-state index contributed by atoms with van der Waals surface area (Å²) < 4.78 is 4.82. The molecule has 2 heterocycles. The molecule has 0 unspecified atom stereocenters. The number of hydrogen-bond donors (Lipinski definition) is 0. The van der Waals surface area contributed by atoms with Crippen LogP contribution in [0.3, 0.4) is 0 Å². The van der Waals surface area contributed by atoms with Gasteiger partial charge in [0.15, 0.2) is 0 Å². The van der Waals surface area contributed by atoms with Crippen LogP contribution in [0.5, 0.6) is 0 Å². The number of benzene rings is 11. The third kappa shape index (κ3) is 5.58. The van der Waals surface area contributed by atoms with Crippen LogP contribution in [-0.4, -0.2) is 14.1 Å². The highest BCUT2D eigenvalue weighted by molar-refractivity contribution is 6.36. The smallest absolute Gasteiger partial charge is 0.145 e. The summed E-state index contributed by atoms with van der Waals surface area (Å²) in [6.45, 7) is 0. The van der Waals surface area contributed by atoms with Crippen molar-refractivity contribution in [2.75, 3.05) is 0 Å². The molecule has 13 aromatic rings. The molecule has 11 aromatic carbocycles. The molecule has 0 fully saturated rings. The van der Waals surface area contributed by atoms with Gasteiger partial charge in [-0.3, -0.25) is 4.57 Å². The summed E-state index contributed by atoms with van der Waals surface area (Å²) in [5.41, 5.74) is 13.7. The topological polar surface area (TPSA) is 22.8 Å². The highest BCUT2D eigenvalue weighted by Crippen LogP contribution is 2.51. The second-order valence-corrected chi connectivity index (χ2v) is 16.7. The maximum Gasteiger partial charge on any atom is 0.145 e. The zero-order valence-electron chi connectivity index (χ0n) is 34.9. The van der Waals surface area contributed by atoms with Gasteiger partial charge in [0, 0.05) is 38.7 Å². The first-order chi connectivity index (χ1) is 31.8. The molecular weight excluding hydrogens is 775 g/mol. The van der Waals surface area contributed by atoms with E-state index in [1.54, 1.807) is 0 Å². The summed E-state index contributed by atoms with van der Waals surface area (Å²) in [5.74, 6) is 0.925.